The number of hydrogen-bond acceptors (Lipinski definition) is 3. The molecular formula is C12H15NO2. The zero-order valence-electron chi connectivity index (χ0n) is 8.75. The third-order valence-electron chi connectivity index (χ3n) is 1.99. The monoisotopic (exact) mass is 205 g/mol. The van der Waals surface area contributed by atoms with Crippen molar-refractivity contribution in [3.8, 4) is 23.3 Å². The molecule has 0 heterocycles. The maximum Gasteiger partial charge on any atom is 0.123 e. The van der Waals surface area contributed by atoms with Crippen LogP contribution < -0.4 is 5.32 Å². The van der Waals surface area contributed by atoms with E-state index in [-0.39, 0.29) is 11.5 Å². The molecule has 0 unspecified atom stereocenters. The van der Waals surface area contributed by atoms with E-state index in [1.165, 1.54) is 6.07 Å². The first kappa shape index (κ1) is 11.4. The van der Waals surface area contributed by atoms with E-state index >= 15 is 0 Å². The van der Waals surface area contributed by atoms with Crippen molar-refractivity contribution in [2.45, 2.75) is 19.9 Å². The van der Waals surface area contributed by atoms with Gasteiger partial charge in [0.1, 0.15) is 11.5 Å². The second-order valence-electron chi connectivity index (χ2n) is 3.17. The van der Waals surface area contributed by atoms with Gasteiger partial charge in [-0.25, -0.2) is 0 Å². The van der Waals surface area contributed by atoms with Gasteiger partial charge in [-0.05, 0) is 13.0 Å². The van der Waals surface area contributed by atoms with Crippen LogP contribution in [-0.2, 0) is 6.54 Å². The summed E-state index contributed by atoms with van der Waals surface area (Å²) in [5.74, 6) is 5.95. The summed E-state index contributed by atoms with van der Waals surface area (Å²) in [6.07, 6.45) is 0.801. The molecule has 1 aromatic carbocycles. The van der Waals surface area contributed by atoms with E-state index in [1.807, 2.05) is 6.92 Å². The Morgan fingerprint density at radius 1 is 1.33 bits per heavy atom. The third kappa shape index (κ3) is 3.92. The van der Waals surface area contributed by atoms with Crippen molar-refractivity contribution >= 4 is 0 Å². The molecule has 1 aromatic rings. The second-order valence-corrected chi connectivity index (χ2v) is 3.17. The smallest absolute Gasteiger partial charge is 0.123 e. The van der Waals surface area contributed by atoms with Crippen LogP contribution in [-0.4, -0.2) is 16.8 Å². The number of phenolic OH excluding ortho intramolecular Hbond substituents is 2. The predicted octanol–water partition coefficient (Wildman–Crippen LogP) is 1.60. The first-order chi connectivity index (χ1) is 7.24. The standard InChI is InChI=1S/C12H15NO2/c1-2-3-4-7-13-9-10-5-6-11(14)8-12(10)15/h5-6,8,13-15H,4,7,9H2,1H3. The first-order valence-electron chi connectivity index (χ1n) is 4.85. The van der Waals surface area contributed by atoms with Gasteiger partial charge in [0.2, 0.25) is 0 Å². The summed E-state index contributed by atoms with van der Waals surface area (Å²) in [4.78, 5) is 0. The molecule has 0 amide bonds. The van der Waals surface area contributed by atoms with Gasteiger partial charge in [-0.3, -0.25) is 0 Å². The summed E-state index contributed by atoms with van der Waals surface area (Å²) in [5, 5.41) is 21.7. The largest absolute Gasteiger partial charge is 0.508 e. The van der Waals surface area contributed by atoms with Crippen molar-refractivity contribution in [2.24, 2.45) is 0 Å². The van der Waals surface area contributed by atoms with Crippen LogP contribution >= 0.6 is 0 Å². The van der Waals surface area contributed by atoms with Crippen LogP contribution in [0.1, 0.15) is 18.9 Å². The molecular weight excluding hydrogens is 190 g/mol. The first-order valence-corrected chi connectivity index (χ1v) is 4.85. The molecule has 0 aliphatic rings. The van der Waals surface area contributed by atoms with E-state index in [9.17, 15) is 5.11 Å². The summed E-state index contributed by atoms with van der Waals surface area (Å²) in [7, 11) is 0. The van der Waals surface area contributed by atoms with Crippen molar-refractivity contribution in [3.63, 3.8) is 0 Å². The summed E-state index contributed by atoms with van der Waals surface area (Å²) in [6, 6.07) is 4.59. The summed E-state index contributed by atoms with van der Waals surface area (Å²) in [6.45, 7) is 3.18. The molecule has 3 nitrogen and oxygen atoms in total. The van der Waals surface area contributed by atoms with E-state index in [4.69, 9.17) is 5.11 Å². The van der Waals surface area contributed by atoms with E-state index in [2.05, 4.69) is 17.2 Å². The van der Waals surface area contributed by atoms with Crippen LogP contribution in [0.25, 0.3) is 0 Å². The molecule has 0 aliphatic heterocycles. The Morgan fingerprint density at radius 2 is 2.13 bits per heavy atom. The highest BCUT2D eigenvalue weighted by Gasteiger charge is 2.00. The highest BCUT2D eigenvalue weighted by atomic mass is 16.3. The third-order valence-corrected chi connectivity index (χ3v) is 1.99. The van der Waals surface area contributed by atoms with Gasteiger partial charge in [0.15, 0.2) is 0 Å². The molecule has 3 N–H and O–H groups in total. The molecule has 0 bridgehead atoms. The van der Waals surface area contributed by atoms with Crippen LogP contribution in [0.5, 0.6) is 11.5 Å². The lowest BCUT2D eigenvalue weighted by molar-refractivity contribution is 0.444. The minimum atomic E-state index is 0.0769. The average molecular weight is 205 g/mol. The lowest BCUT2D eigenvalue weighted by atomic mass is 10.2. The molecule has 0 radical (unpaired) electrons. The molecule has 1 rings (SSSR count). The van der Waals surface area contributed by atoms with Crippen molar-refractivity contribution in [2.75, 3.05) is 6.54 Å². The Labute approximate surface area is 89.8 Å². The summed E-state index contributed by atoms with van der Waals surface area (Å²) >= 11 is 0. The highest BCUT2D eigenvalue weighted by Crippen LogP contribution is 2.21. The summed E-state index contributed by atoms with van der Waals surface area (Å²) < 4.78 is 0. The molecule has 0 aromatic heterocycles. The number of phenols is 2. The molecule has 0 spiro atoms. The minimum Gasteiger partial charge on any atom is -0.508 e. The zero-order chi connectivity index (χ0) is 11.1. The highest BCUT2D eigenvalue weighted by molar-refractivity contribution is 5.38. The van der Waals surface area contributed by atoms with E-state index in [1.54, 1.807) is 12.1 Å². The number of aromatic hydroxyl groups is 2. The summed E-state index contributed by atoms with van der Waals surface area (Å²) in [5.41, 5.74) is 0.775. The van der Waals surface area contributed by atoms with Gasteiger partial charge in [0.05, 0.1) is 0 Å². The fraction of sp³-hybridized carbons (Fsp3) is 0.333. The number of rotatable bonds is 4. The molecule has 0 saturated carbocycles. The van der Waals surface area contributed by atoms with E-state index < -0.39 is 0 Å². The maximum atomic E-state index is 9.47. The molecule has 3 heteroatoms. The van der Waals surface area contributed by atoms with Crippen LogP contribution in [0.4, 0.5) is 0 Å². The van der Waals surface area contributed by atoms with Crippen molar-refractivity contribution in [1.82, 2.24) is 5.32 Å². The van der Waals surface area contributed by atoms with Crippen LogP contribution in [0.3, 0.4) is 0 Å². The lowest BCUT2D eigenvalue weighted by Crippen LogP contribution is -2.14. The topological polar surface area (TPSA) is 52.5 Å². The predicted molar refractivity (Wildman–Crippen MR) is 59.5 cm³/mol. The number of nitrogens with one attached hydrogen (secondary N) is 1. The van der Waals surface area contributed by atoms with Crippen LogP contribution in [0.15, 0.2) is 18.2 Å². The molecule has 0 saturated heterocycles. The van der Waals surface area contributed by atoms with Crippen LogP contribution in [0.2, 0.25) is 0 Å². The van der Waals surface area contributed by atoms with E-state index in [0.717, 1.165) is 18.5 Å². The molecule has 0 atom stereocenters. The van der Waals surface area contributed by atoms with Crippen molar-refractivity contribution < 1.29 is 10.2 Å². The Morgan fingerprint density at radius 3 is 2.80 bits per heavy atom. The van der Waals surface area contributed by atoms with Gasteiger partial charge in [0.25, 0.3) is 0 Å². The van der Waals surface area contributed by atoms with Crippen LogP contribution in [0, 0.1) is 11.8 Å². The van der Waals surface area contributed by atoms with Gasteiger partial charge in [-0.1, -0.05) is 6.07 Å². The number of benzene rings is 1. The molecule has 80 valence electrons. The molecule has 0 fully saturated rings. The quantitative estimate of drug-likeness (QED) is 0.517. The second kappa shape index (κ2) is 5.94. The Hall–Kier alpha value is -1.66. The molecule has 15 heavy (non-hydrogen) atoms. The van der Waals surface area contributed by atoms with E-state index in [0.29, 0.717) is 6.54 Å². The Kier molecular flexibility index (Phi) is 4.52. The Balaban J connectivity index is 2.39. The number of hydrogen-bond donors (Lipinski definition) is 3. The molecule has 0 aliphatic carbocycles. The van der Waals surface area contributed by atoms with Gasteiger partial charge >= 0.3 is 0 Å². The SMILES string of the molecule is CC#CCCNCc1ccc(O)cc1O. The normalized spacial score (nSPS) is 9.40. The zero-order valence-corrected chi connectivity index (χ0v) is 8.75. The van der Waals surface area contributed by atoms with Gasteiger partial charge in [-0.2, -0.15) is 0 Å². The van der Waals surface area contributed by atoms with Gasteiger partial charge in [-0.15, -0.1) is 11.8 Å². The maximum absolute atomic E-state index is 9.47. The van der Waals surface area contributed by atoms with Crippen molar-refractivity contribution in [1.29, 1.82) is 0 Å². The fourth-order valence-electron chi connectivity index (χ4n) is 1.20. The fourth-order valence-corrected chi connectivity index (χ4v) is 1.20. The lowest BCUT2D eigenvalue weighted by Gasteiger charge is -2.05. The van der Waals surface area contributed by atoms with Gasteiger partial charge in [0, 0.05) is 31.1 Å². The van der Waals surface area contributed by atoms with Crippen molar-refractivity contribution in [3.05, 3.63) is 23.8 Å². The van der Waals surface area contributed by atoms with Gasteiger partial charge < -0.3 is 15.5 Å². The Bertz CT molecular complexity index is 377. The minimum absolute atomic E-state index is 0.0769. The average Bonchev–Trinajstić information content (AvgIpc) is 2.20.